The monoisotopic (exact) mass is 270 g/mol. The lowest BCUT2D eigenvalue weighted by atomic mass is 10.1. The molecule has 1 amide bonds. The SMILES string of the molecule is COc1ccc(C(=O)Nc2cc(C)c(C)cc2N)cc1. The van der Waals surface area contributed by atoms with Gasteiger partial charge in [0.15, 0.2) is 0 Å². The van der Waals surface area contributed by atoms with Crippen molar-refractivity contribution in [1.29, 1.82) is 0 Å². The van der Waals surface area contributed by atoms with Crippen LogP contribution >= 0.6 is 0 Å². The molecule has 104 valence electrons. The Hall–Kier alpha value is -2.49. The van der Waals surface area contributed by atoms with Crippen molar-refractivity contribution < 1.29 is 9.53 Å². The van der Waals surface area contributed by atoms with Crippen LogP contribution in [0.15, 0.2) is 36.4 Å². The predicted molar refractivity (Wildman–Crippen MR) is 81.3 cm³/mol. The summed E-state index contributed by atoms with van der Waals surface area (Å²) < 4.78 is 5.06. The summed E-state index contributed by atoms with van der Waals surface area (Å²) in [6.07, 6.45) is 0. The first-order chi connectivity index (χ1) is 9.51. The van der Waals surface area contributed by atoms with Crippen molar-refractivity contribution in [2.75, 3.05) is 18.2 Å². The van der Waals surface area contributed by atoms with E-state index >= 15 is 0 Å². The van der Waals surface area contributed by atoms with E-state index in [1.807, 2.05) is 26.0 Å². The molecule has 0 aliphatic carbocycles. The fourth-order valence-corrected chi connectivity index (χ4v) is 1.88. The number of ether oxygens (including phenoxy) is 1. The van der Waals surface area contributed by atoms with Crippen molar-refractivity contribution in [1.82, 2.24) is 0 Å². The number of benzene rings is 2. The number of rotatable bonds is 3. The van der Waals surface area contributed by atoms with E-state index in [1.165, 1.54) is 0 Å². The number of carbonyl (C=O) groups excluding carboxylic acids is 1. The van der Waals surface area contributed by atoms with Crippen LogP contribution in [-0.2, 0) is 0 Å². The van der Waals surface area contributed by atoms with Crippen molar-refractivity contribution in [3.8, 4) is 5.75 Å². The number of methoxy groups -OCH3 is 1. The summed E-state index contributed by atoms with van der Waals surface area (Å²) in [5.74, 6) is 0.523. The molecule has 3 N–H and O–H groups in total. The Morgan fingerprint density at radius 1 is 1.10 bits per heavy atom. The van der Waals surface area contributed by atoms with Gasteiger partial charge >= 0.3 is 0 Å². The zero-order valence-corrected chi connectivity index (χ0v) is 11.9. The molecule has 0 aromatic heterocycles. The van der Waals surface area contributed by atoms with Gasteiger partial charge in [-0.1, -0.05) is 0 Å². The maximum atomic E-state index is 12.2. The molecular weight excluding hydrogens is 252 g/mol. The number of amides is 1. The molecule has 0 aliphatic rings. The summed E-state index contributed by atoms with van der Waals surface area (Å²) in [5, 5.41) is 2.83. The summed E-state index contributed by atoms with van der Waals surface area (Å²) >= 11 is 0. The van der Waals surface area contributed by atoms with Crippen molar-refractivity contribution in [3.63, 3.8) is 0 Å². The molecule has 0 atom stereocenters. The number of nitrogens with one attached hydrogen (secondary N) is 1. The molecule has 0 saturated heterocycles. The highest BCUT2D eigenvalue weighted by atomic mass is 16.5. The van der Waals surface area contributed by atoms with Gasteiger partial charge in [0, 0.05) is 5.56 Å². The zero-order valence-electron chi connectivity index (χ0n) is 11.9. The van der Waals surface area contributed by atoms with E-state index in [9.17, 15) is 4.79 Å². The minimum absolute atomic E-state index is 0.192. The second-order valence-electron chi connectivity index (χ2n) is 4.71. The second-order valence-corrected chi connectivity index (χ2v) is 4.71. The van der Waals surface area contributed by atoms with Crippen LogP contribution in [-0.4, -0.2) is 13.0 Å². The first-order valence-electron chi connectivity index (χ1n) is 6.33. The lowest BCUT2D eigenvalue weighted by molar-refractivity contribution is 0.102. The third kappa shape index (κ3) is 2.91. The van der Waals surface area contributed by atoms with Gasteiger partial charge in [0.2, 0.25) is 0 Å². The number of nitrogen functional groups attached to an aromatic ring is 1. The maximum Gasteiger partial charge on any atom is 0.255 e. The van der Waals surface area contributed by atoms with Gasteiger partial charge in [-0.15, -0.1) is 0 Å². The van der Waals surface area contributed by atoms with Crippen LogP contribution in [0.25, 0.3) is 0 Å². The average Bonchev–Trinajstić information content (AvgIpc) is 2.44. The van der Waals surface area contributed by atoms with Crippen molar-refractivity contribution >= 4 is 17.3 Å². The molecule has 2 rings (SSSR count). The van der Waals surface area contributed by atoms with E-state index in [0.29, 0.717) is 22.7 Å². The fraction of sp³-hybridized carbons (Fsp3) is 0.188. The van der Waals surface area contributed by atoms with Gasteiger partial charge in [-0.05, 0) is 61.4 Å². The van der Waals surface area contributed by atoms with E-state index in [0.717, 1.165) is 11.1 Å². The third-order valence-electron chi connectivity index (χ3n) is 3.27. The molecule has 20 heavy (non-hydrogen) atoms. The minimum Gasteiger partial charge on any atom is -0.497 e. The highest BCUT2D eigenvalue weighted by molar-refractivity contribution is 6.05. The van der Waals surface area contributed by atoms with Crippen LogP contribution in [0.3, 0.4) is 0 Å². The van der Waals surface area contributed by atoms with Gasteiger partial charge < -0.3 is 15.8 Å². The van der Waals surface area contributed by atoms with Gasteiger partial charge in [0.05, 0.1) is 18.5 Å². The van der Waals surface area contributed by atoms with Crippen molar-refractivity contribution in [2.24, 2.45) is 0 Å². The lowest BCUT2D eigenvalue weighted by Crippen LogP contribution is -2.13. The van der Waals surface area contributed by atoms with E-state index in [4.69, 9.17) is 10.5 Å². The van der Waals surface area contributed by atoms with Crippen LogP contribution in [0.1, 0.15) is 21.5 Å². The van der Waals surface area contributed by atoms with E-state index < -0.39 is 0 Å². The third-order valence-corrected chi connectivity index (χ3v) is 3.27. The number of nitrogens with two attached hydrogens (primary N) is 1. The van der Waals surface area contributed by atoms with E-state index in [1.54, 1.807) is 31.4 Å². The summed E-state index contributed by atoms with van der Waals surface area (Å²) in [7, 11) is 1.59. The fourth-order valence-electron chi connectivity index (χ4n) is 1.88. The Labute approximate surface area is 118 Å². The van der Waals surface area contributed by atoms with Crippen LogP contribution in [0.4, 0.5) is 11.4 Å². The van der Waals surface area contributed by atoms with E-state index in [-0.39, 0.29) is 5.91 Å². The van der Waals surface area contributed by atoms with Crippen LogP contribution in [0.2, 0.25) is 0 Å². The molecule has 0 fully saturated rings. The molecule has 2 aromatic carbocycles. The summed E-state index contributed by atoms with van der Waals surface area (Å²) in [6, 6.07) is 10.7. The number of aryl methyl sites for hydroxylation is 2. The molecule has 0 spiro atoms. The lowest BCUT2D eigenvalue weighted by Gasteiger charge is -2.11. The number of hydrogen-bond donors (Lipinski definition) is 2. The first-order valence-corrected chi connectivity index (χ1v) is 6.33. The Kier molecular flexibility index (Phi) is 3.94. The highest BCUT2D eigenvalue weighted by Crippen LogP contribution is 2.23. The van der Waals surface area contributed by atoms with Gasteiger partial charge in [-0.3, -0.25) is 4.79 Å². The zero-order chi connectivity index (χ0) is 14.7. The second kappa shape index (κ2) is 5.65. The summed E-state index contributed by atoms with van der Waals surface area (Å²) in [4.78, 5) is 12.2. The maximum absolute atomic E-state index is 12.2. The molecule has 0 heterocycles. The molecule has 0 bridgehead atoms. The van der Waals surface area contributed by atoms with Gasteiger partial charge in [-0.2, -0.15) is 0 Å². The molecule has 0 unspecified atom stereocenters. The van der Waals surface area contributed by atoms with Crippen molar-refractivity contribution in [3.05, 3.63) is 53.1 Å². The van der Waals surface area contributed by atoms with Crippen LogP contribution < -0.4 is 15.8 Å². The number of hydrogen-bond acceptors (Lipinski definition) is 3. The smallest absolute Gasteiger partial charge is 0.255 e. The molecule has 0 aliphatic heterocycles. The largest absolute Gasteiger partial charge is 0.497 e. The standard InChI is InChI=1S/C16H18N2O2/c1-10-8-14(17)15(9-11(10)2)18-16(19)12-4-6-13(20-3)7-5-12/h4-9H,17H2,1-3H3,(H,18,19). The Morgan fingerprint density at radius 3 is 2.30 bits per heavy atom. The molecule has 4 heteroatoms. The number of carbonyl (C=O) groups is 1. The quantitative estimate of drug-likeness (QED) is 0.842. The minimum atomic E-state index is -0.192. The molecular formula is C16H18N2O2. The summed E-state index contributed by atoms with van der Waals surface area (Å²) in [6.45, 7) is 3.97. The molecule has 4 nitrogen and oxygen atoms in total. The predicted octanol–water partition coefficient (Wildman–Crippen LogP) is 3.15. The Bertz CT molecular complexity index is 634. The van der Waals surface area contributed by atoms with Gasteiger partial charge in [-0.25, -0.2) is 0 Å². The van der Waals surface area contributed by atoms with Gasteiger partial charge in [0.1, 0.15) is 5.75 Å². The molecule has 0 saturated carbocycles. The normalized spacial score (nSPS) is 10.2. The summed E-state index contributed by atoms with van der Waals surface area (Å²) in [5.41, 5.74) is 9.87. The van der Waals surface area contributed by atoms with Crippen molar-refractivity contribution in [2.45, 2.75) is 13.8 Å². The molecule has 0 radical (unpaired) electrons. The number of anilines is 2. The first kappa shape index (κ1) is 13.9. The van der Waals surface area contributed by atoms with Crippen LogP contribution in [0, 0.1) is 13.8 Å². The molecule has 2 aromatic rings. The topological polar surface area (TPSA) is 64.3 Å². The Morgan fingerprint density at radius 2 is 1.70 bits per heavy atom. The van der Waals surface area contributed by atoms with Gasteiger partial charge in [0.25, 0.3) is 5.91 Å². The van der Waals surface area contributed by atoms with E-state index in [2.05, 4.69) is 5.32 Å². The highest BCUT2D eigenvalue weighted by Gasteiger charge is 2.09. The van der Waals surface area contributed by atoms with Crippen LogP contribution in [0.5, 0.6) is 5.75 Å². The Balaban J connectivity index is 2.20. The average molecular weight is 270 g/mol.